The fourth-order valence-corrected chi connectivity index (χ4v) is 3.92. The van der Waals surface area contributed by atoms with Crippen LogP contribution in [0, 0.1) is 0 Å². The number of ether oxygens (including phenoxy) is 1. The predicted octanol–water partition coefficient (Wildman–Crippen LogP) is 2.73. The second-order valence-electron chi connectivity index (χ2n) is 5.63. The molecule has 1 aromatic rings. The molecule has 1 amide bonds. The van der Waals surface area contributed by atoms with Crippen molar-refractivity contribution in [3.05, 3.63) is 41.0 Å². The van der Waals surface area contributed by atoms with E-state index in [1.807, 2.05) is 17.0 Å². The highest BCUT2D eigenvalue weighted by Gasteiger charge is 2.45. The molecule has 3 nitrogen and oxygen atoms in total. The number of hydrogen-bond acceptors (Lipinski definition) is 2. The van der Waals surface area contributed by atoms with Gasteiger partial charge >= 0.3 is 0 Å². The van der Waals surface area contributed by atoms with E-state index in [0.717, 1.165) is 24.3 Å². The average Bonchev–Trinajstić information content (AvgIpc) is 2.89. The van der Waals surface area contributed by atoms with Crippen molar-refractivity contribution in [1.29, 1.82) is 0 Å². The summed E-state index contributed by atoms with van der Waals surface area (Å²) in [7, 11) is 1.68. The van der Waals surface area contributed by atoms with Crippen LogP contribution in [0.5, 0.6) is 5.75 Å². The van der Waals surface area contributed by atoms with Gasteiger partial charge in [-0.3, -0.25) is 4.79 Å². The number of nitrogens with zero attached hydrogens (tertiary/aromatic N) is 1. The first-order valence-electron chi connectivity index (χ1n) is 6.97. The molecule has 2 aliphatic heterocycles. The molecular formula is C16H17NO2. The first-order chi connectivity index (χ1) is 9.29. The standard InChI is InChI=1S/C16H17NO2/c1-19-11-5-6-13-14(9-11)12-4-2-3-10-7-8-17(15(10)12)16(13)18/h5-7,9,12,15H,2-4,8H2,1H3/t12-,15-/m0/s1. The van der Waals surface area contributed by atoms with Gasteiger partial charge in [0.2, 0.25) is 0 Å². The van der Waals surface area contributed by atoms with Crippen molar-refractivity contribution in [2.75, 3.05) is 13.7 Å². The van der Waals surface area contributed by atoms with Crippen molar-refractivity contribution < 1.29 is 9.53 Å². The number of benzene rings is 1. The van der Waals surface area contributed by atoms with Crippen molar-refractivity contribution in [3.63, 3.8) is 0 Å². The van der Waals surface area contributed by atoms with Gasteiger partial charge in [-0.2, -0.15) is 0 Å². The first kappa shape index (κ1) is 11.1. The number of carbonyl (C=O) groups excluding carboxylic acids is 1. The minimum Gasteiger partial charge on any atom is -0.497 e. The first-order valence-corrected chi connectivity index (χ1v) is 6.97. The summed E-state index contributed by atoms with van der Waals surface area (Å²) in [5.74, 6) is 1.51. The van der Waals surface area contributed by atoms with Gasteiger partial charge in [-0.15, -0.1) is 0 Å². The summed E-state index contributed by atoms with van der Waals surface area (Å²) in [5, 5.41) is 0. The Labute approximate surface area is 112 Å². The van der Waals surface area contributed by atoms with E-state index in [1.54, 1.807) is 7.11 Å². The van der Waals surface area contributed by atoms with Crippen LogP contribution in [-0.4, -0.2) is 30.5 Å². The molecule has 0 N–H and O–H groups in total. The maximum absolute atomic E-state index is 12.6. The number of rotatable bonds is 1. The number of methoxy groups -OCH3 is 1. The van der Waals surface area contributed by atoms with Crippen molar-refractivity contribution in [1.82, 2.24) is 4.90 Å². The van der Waals surface area contributed by atoms with Crippen LogP contribution in [-0.2, 0) is 0 Å². The van der Waals surface area contributed by atoms with E-state index < -0.39 is 0 Å². The Bertz CT molecular complexity index is 590. The predicted molar refractivity (Wildman–Crippen MR) is 72.5 cm³/mol. The molecule has 19 heavy (non-hydrogen) atoms. The molecule has 0 bridgehead atoms. The zero-order valence-electron chi connectivity index (χ0n) is 11.1. The lowest BCUT2D eigenvalue weighted by Crippen LogP contribution is -2.47. The van der Waals surface area contributed by atoms with Gasteiger partial charge in [-0.1, -0.05) is 6.08 Å². The third-order valence-corrected chi connectivity index (χ3v) is 4.78. The maximum atomic E-state index is 12.6. The second kappa shape index (κ2) is 3.86. The second-order valence-corrected chi connectivity index (χ2v) is 5.63. The SMILES string of the molecule is COc1ccc2c(c1)[C@@H]1CCCC3=CCN(C2=O)[C@@H]31. The van der Waals surface area contributed by atoms with Crippen LogP contribution >= 0.6 is 0 Å². The van der Waals surface area contributed by atoms with E-state index in [-0.39, 0.29) is 5.91 Å². The molecule has 98 valence electrons. The number of hydrogen-bond donors (Lipinski definition) is 0. The molecule has 0 saturated heterocycles. The lowest BCUT2D eigenvalue weighted by molar-refractivity contribution is 0.0681. The van der Waals surface area contributed by atoms with Crippen molar-refractivity contribution in [3.8, 4) is 5.75 Å². The minimum atomic E-state index is 0.187. The Balaban J connectivity index is 1.88. The van der Waals surface area contributed by atoms with Gasteiger partial charge < -0.3 is 9.64 Å². The van der Waals surface area contributed by atoms with Gasteiger partial charge in [-0.05, 0) is 48.6 Å². The zero-order valence-corrected chi connectivity index (χ0v) is 11.1. The highest BCUT2D eigenvalue weighted by molar-refractivity contribution is 5.98. The monoisotopic (exact) mass is 255 g/mol. The normalized spacial score (nSPS) is 27.7. The molecular weight excluding hydrogens is 238 g/mol. The lowest BCUT2D eigenvalue weighted by Gasteiger charge is -2.42. The van der Waals surface area contributed by atoms with Crippen LogP contribution in [0.15, 0.2) is 29.8 Å². The van der Waals surface area contributed by atoms with E-state index in [1.165, 1.54) is 24.0 Å². The molecule has 0 spiro atoms. The quantitative estimate of drug-likeness (QED) is 0.722. The van der Waals surface area contributed by atoms with Gasteiger partial charge in [0.1, 0.15) is 5.75 Å². The Morgan fingerprint density at radius 1 is 1.37 bits per heavy atom. The molecule has 4 rings (SSSR count). The molecule has 1 aliphatic carbocycles. The number of amides is 1. The Kier molecular flexibility index (Phi) is 2.25. The van der Waals surface area contributed by atoms with Crippen LogP contribution < -0.4 is 4.74 Å². The highest BCUT2D eigenvalue weighted by Crippen LogP contribution is 2.47. The van der Waals surface area contributed by atoms with Gasteiger partial charge in [0.15, 0.2) is 0 Å². The summed E-state index contributed by atoms with van der Waals surface area (Å²) in [6.45, 7) is 0.792. The lowest BCUT2D eigenvalue weighted by atomic mass is 9.74. The fraction of sp³-hybridized carbons (Fsp3) is 0.438. The van der Waals surface area contributed by atoms with Gasteiger partial charge in [0.25, 0.3) is 5.91 Å². The van der Waals surface area contributed by atoms with Gasteiger partial charge in [-0.25, -0.2) is 0 Å². The maximum Gasteiger partial charge on any atom is 0.254 e. The molecule has 2 atom stereocenters. The molecule has 2 heterocycles. The topological polar surface area (TPSA) is 29.5 Å². The summed E-state index contributed by atoms with van der Waals surface area (Å²) in [6, 6.07) is 6.21. The Morgan fingerprint density at radius 2 is 2.26 bits per heavy atom. The number of fused-ring (bicyclic) bond motifs is 2. The van der Waals surface area contributed by atoms with E-state index in [9.17, 15) is 4.79 Å². The van der Waals surface area contributed by atoms with E-state index in [2.05, 4.69) is 12.1 Å². The van der Waals surface area contributed by atoms with Crippen LogP contribution in [0.4, 0.5) is 0 Å². The van der Waals surface area contributed by atoms with Crippen LogP contribution in [0.3, 0.4) is 0 Å². The molecule has 0 unspecified atom stereocenters. The number of carbonyl (C=O) groups is 1. The van der Waals surface area contributed by atoms with Crippen LogP contribution in [0.25, 0.3) is 0 Å². The third kappa shape index (κ3) is 1.41. The minimum absolute atomic E-state index is 0.187. The summed E-state index contributed by atoms with van der Waals surface area (Å²) in [6.07, 6.45) is 5.82. The molecule has 0 aromatic heterocycles. The molecule has 1 saturated carbocycles. The Morgan fingerprint density at radius 3 is 3.11 bits per heavy atom. The fourth-order valence-electron chi connectivity index (χ4n) is 3.92. The van der Waals surface area contributed by atoms with Gasteiger partial charge in [0.05, 0.1) is 13.2 Å². The smallest absolute Gasteiger partial charge is 0.254 e. The van der Waals surface area contributed by atoms with Crippen LogP contribution in [0.1, 0.15) is 41.1 Å². The van der Waals surface area contributed by atoms with Crippen molar-refractivity contribution in [2.24, 2.45) is 0 Å². The van der Waals surface area contributed by atoms with E-state index in [4.69, 9.17) is 4.74 Å². The third-order valence-electron chi connectivity index (χ3n) is 4.78. The molecule has 1 fully saturated rings. The Hall–Kier alpha value is -1.77. The molecule has 3 heteroatoms. The van der Waals surface area contributed by atoms with E-state index >= 15 is 0 Å². The molecule has 0 radical (unpaired) electrons. The summed E-state index contributed by atoms with van der Waals surface area (Å²) in [4.78, 5) is 14.6. The summed E-state index contributed by atoms with van der Waals surface area (Å²) >= 11 is 0. The van der Waals surface area contributed by atoms with Crippen molar-refractivity contribution >= 4 is 5.91 Å². The molecule has 3 aliphatic rings. The summed E-state index contributed by atoms with van der Waals surface area (Å²) < 4.78 is 5.33. The molecule has 1 aromatic carbocycles. The average molecular weight is 255 g/mol. The highest BCUT2D eigenvalue weighted by atomic mass is 16.5. The largest absolute Gasteiger partial charge is 0.497 e. The van der Waals surface area contributed by atoms with Gasteiger partial charge in [0, 0.05) is 18.0 Å². The van der Waals surface area contributed by atoms with Crippen LogP contribution in [0.2, 0.25) is 0 Å². The van der Waals surface area contributed by atoms with Crippen molar-refractivity contribution in [2.45, 2.75) is 31.2 Å². The zero-order chi connectivity index (χ0) is 13.0. The van der Waals surface area contributed by atoms with E-state index in [0.29, 0.717) is 12.0 Å². The summed E-state index contributed by atoms with van der Waals surface area (Å²) in [5.41, 5.74) is 3.54.